The van der Waals surface area contributed by atoms with E-state index in [1.165, 1.54) is 0 Å². The molecule has 0 spiro atoms. The fraction of sp³-hybridized carbons (Fsp3) is 0.294. The van der Waals surface area contributed by atoms with Gasteiger partial charge in [-0.3, -0.25) is 0 Å². The summed E-state index contributed by atoms with van der Waals surface area (Å²) in [6.45, 7) is 2.14. The minimum absolute atomic E-state index is 0.160. The van der Waals surface area contributed by atoms with Crippen molar-refractivity contribution < 1.29 is 13.2 Å². The van der Waals surface area contributed by atoms with E-state index < -0.39 is 15.6 Å². The molecule has 0 aliphatic carbocycles. The van der Waals surface area contributed by atoms with Crippen molar-refractivity contribution in [3.05, 3.63) is 64.6 Å². The molecule has 0 bridgehead atoms. The highest BCUT2D eigenvalue weighted by Gasteiger charge is 2.32. The van der Waals surface area contributed by atoms with E-state index in [0.29, 0.717) is 10.9 Å². The van der Waals surface area contributed by atoms with Crippen LogP contribution >= 0.6 is 15.9 Å². The standard InChI is InChI=1S/C17H20BrNO3S/c1-3-17(22-2,14-9-5-4-6-10-14)13-19-23(20,21)16-12-8-7-11-15(16)18/h4-12,19H,3,13H2,1-2H3/t17-/m1/s1. The van der Waals surface area contributed by atoms with Crippen LogP contribution in [0.25, 0.3) is 0 Å². The molecule has 2 rings (SSSR count). The van der Waals surface area contributed by atoms with Gasteiger partial charge in [0, 0.05) is 18.1 Å². The summed E-state index contributed by atoms with van der Waals surface area (Å²) in [5, 5.41) is 0. The molecule has 124 valence electrons. The lowest BCUT2D eigenvalue weighted by molar-refractivity contribution is -0.0133. The van der Waals surface area contributed by atoms with Gasteiger partial charge in [-0.15, -0.1) is 0 Å². The zero-order valence-electron chi connectivity index (χ0n) is 13.1. The van der Waals surface area contributed by atoms with Crippen LogP contribution in [0.5, 0.6) is 0 Å². The van der Waals surface area contributed by atoms with Crippen LogP contribution in [0.15, 0.2) is 64.0 Å². The zero-order chi connectivity index (χ0) is 16.9. The summed E-state index contributed by atoms with van der Waals surface area (Å²) in [6, 6.07) is 16.4. The van der Waals surface area contributed by atoms with E-state index in [1.54, 1.807) is 31.4 Å². The Hall–Kier alpha value is -1.21. The van der Waals surface area contributed by atoms with Crippen molar-refractivity contribution in [2.75, 3.05) is 13.7 Å². The average Bonchev–Trinajstić information content (AvgIpc) is 2.57. The summed E-state index contributed by atoms with van der Waals surface area (Å²) in [6.07, 6.45) is 0.645. The van der Waals surface area contributed by atoms with Crippen LogP contribution in [-0.4, -0.2) is 22.1 Å². The Morgan fingerprint density at radius 2 is 1.70 bits per heavy atom. The number of sulfonamides is 1. The molecular formula is C17H20BrNO3S. The molecule has 1 N–H and O–H groups in total. The molecular weight excluding hydrogens is 378 g/mol. The molecule has 23 heavy (non-hydrogen) atoms. The topological polar surface area (TPSA) is 55.4 Å². The van der Waals surface area contributed by atoms with Crippen molar-refractivity contribution in [1.82, 2.24) is 4.72 Å². The number of nitrogens with one attached hydrogen (secondary N) is 1. The highest BCUT2D eigenvalue weighted by Crippen LogP contribution is 2.29. The summed E-state index contributed by atoms with van der Waals surface area (Å²) in [5.74, 6) is 0. The Labute approximate surface area is 146 Å². The van der Waals surface area contributed by atoms with Crippen LogP contribution in [0.3, 0.4) is 0 Å². The van der Waals surface area contributed by atoms with Gasteiger partial charge in [-0.25, -0.2) is 13.1 Å². The van der Waals surface area contributed by atoms with Gasteiger partial charge in [0.2, 0.25) is 10.0 Å². The third-order valence-corrected chi connectivity index (χ3v) is 6.35. The Bertz CT molecular complexity index is 743. The third kappa shape index (κ3) is 4.01. The second-order valence-corrected chi connectivity index (χ2v) is 7.76. The van der Waals surface area contributed by atoms with Crippen LogP contribution in [0, 0.1) is 0 Å². The second kappa shape index (κ2) is 7.57. The van der Waals surface area contributed by atoms with Crippen molar-refractivity contribution in [2.24, 2.45) is 0 Å². The lowest BCUT2D eigenvalue weighted by Crippen LogP contribution is -2.41. The molecule has 1 atom stereocenters. The fourth-order valence-electron chi connectivity index (χ4n) is 2.46. The lowest BCUT2D eigenvalue weighted by Gasteiger charge is -2.32. The van der Waals surface area contributed by atoms with E-state index in [-0.39, 0.29) is 11.4 Å². The maximum atomic E-state index is 12.6. The quantitative estimate of drug-likeness (QED) is 0.774. The first-order valence-corrected chi connectivity index (χ1v) is 9.57. The Morgan fingerprint density at radius 1 is 1.09 bits per heavy atom. The Balaban J connectivity index is 2.28. The van der Waals surface area contributed by atoms with Crippen LogP contribution in [0.2, 0.25) is 0 Å². The van der Waals surface area contributed by atoms with Crippen LogP contribution in [0.4, 0.5) is 0 Å². The first kappa shape index (κ1) is 18.1. The van der Waals surface area contributed by atoms with Gasteiger partial charge in [0.1, 0.15) is 5.60 Å². The minimum Gasteiger partial charge on any atom is -0.372 e. The molecule has 0 saturated carbocycles. The van der Waals surface area contributed by atoms with Gasteiger partial charge < -0.3 is 4.74 Å². The number of rotatable bonds is 7. The number of ether oxygens (including phenoxy) is 1. The number of benzene rings is 2. The molecule has 0 amide bonds. The fourth-order valence-corrected chi connectivity index (χ4v) is 4.54. The molecule has 0 unspecified atom stereocenters. The number of hydrogen-bond acceptors (Lipinski definition) is 3. The van der Waals surface area contributed by atoms with Crippen LogP contribution < -0.4 is 4.72 Å². The molecule has 0 heterocycles. The first-order chi connectivity index (χ1) is 10.9. The smallest absolute Gasteiger partial charge is 0.241 e. The maximum absolute atomic E-state index is 12.6. The number of methoxy groups -OCH3 is 1. The van der Waals surface area contributed by atoms with E-state index in [0.717, 1.165) is 5.56 Å². The number of halogens is 1. The predicted octanol–water partition coefficient (Wildman–Crippen LogP) is 3.68. The summed E-state index contributed by atoms with van der Waals surface area (Å²) < 4.78 is 34.0. The maximum Gasteiger partial charge on any atom is 0.241 e. The molecule has 2 aromatic rings. The van der Waals surface area contributed by atoms with Crippen molar-refractivity contribution in [1.29, 1.82) is 0 Å². The summed E-state index contributed by atoms with van der Waals surface area (Å²) >= 11 is 3.28. The lowest BCUT2D eigenvalue weighted by atomic mass is 9.91. The van der Waals surface area contributed by atoms with Crippen LogP contribution in [0.1, 0.15) is 18.9 Å². The van der Waals surface area contributed by atoms with Gasteiger partial charge >= 0.3 is 0 Å². The molecule has 2 aromatic carbocycles. The van der Waals surface area contributed by atoms with E-state index in [4.69, 9.17) is 4.74 Å². The van der Waals surface area contributed by atoms with Gasteiger partial charge in [0.25, 0.3) is 0 Å². The molecule has 0 radical (unpaired) electrons. The van der Waals surface area contributed by atoms with Crippen molar-refractivity contribution >= 4 is 26.0 Å². The molecule has 0 fully saturated rings. The van der Waals surface area contributed by atoms with E-state index >= 15 is 0 Å². The normalized spacial score (nSPS) is 14.4. The molecule has 0 aliphatic heterocycles. The summed E-state index contributed by atoms with van der Waals surface area (Å²) in [5.41, 5.74) is 0.245. The van der Waals surface area contributed by atoms with Gasteiger partial charge in [-0.2, -0.15) is 0 Å². The van der Waals surface area contributed by atoms with E-state index in [2.05, 4.69) is 20.7 Å². The molecule has 0 aliphatic rings. The SMILES string of the molecule is CC[C@](CNS(=O)(=O)c1ccccc1Br)(OC)c1ccccc1. The molecule has 4 nitrogen and oxygen atoms in total. The first-order valence-electron chi connectivity index (χ1n) is 7.30. The van der Waals surface area contributed by atoms with Gasteiger partial charge in [-0.05, 0) is 40.0 Å². The van der Waals surface area contributed by atoms with Crippen molar-refractivity contribution in [3.63, 3.8) is 0 Å². The van der Waals surface area contributed by atoms with Gasteiger partial charge in [0.15, 0.2) is 0 Å². The van der Waals surface area contributed by atoms with E-state index in [9.17, 15) is 8.42 Å². The van der Waals surface area contributed by atoms with Gasteiger partial charge in [-0.1, -0.05) is 49.4 Å². The average molecular weight is 398 g/mol. The van der Waals surface area contributed by atoms with Crippen molar-refractivity contribution in [2.45, 2.75) is 23.8 Å². The van der Waals surface area contributed by atoms with Crippen molar-refractivity contribution in [3.8, 4) is 0 Å². The Kier molecular flexibility index (Phi) is 5.97. The summed E-state index contributed by atoms with van der Waals surface area (Å²) in [7, 11) is -2.03. The highest BCUT2D eigenvalue weighted by atomic mass is 79.9. The largest absolute Gasteiger partial charge is 0.372 e. The molecule has 0 aromatic heterocycles. The van der Waals surface area contributed by atoms with Crippen LogP contribution in [-0.2, 0) is 20.4 Å². The Morgan fingerprint density at radius 3 is 2.26 bits per heavy atom. The third-order valence-electron chi connectivity index (χ3n) is 3.94. The highest BCUT2D eigenvalue weighted by molar-refractivity contribution is 9.10. The van der Waals surface area contributed by atoms with Gasteiger partial charge in [0.05, 0.1) is 4.90 Å². The molecule has 0 saturated heterocycles. The zero-order valence-corrected chi connectivity index (χ0v) is 15.5. The number of hydrogen-bond donors (Lipinski definition) is 1. The van der Waals surface area contributed by atoms with E-state index in [1.807, 2.05) is 37.3 Å². The monoisotopic (exact) mass is 397 g/mol. The molecule has 6 heteroatoms. The second-order valence-electron chi connectivity index (χ2n) is 5.17. The predicted molar refractivity (Wildman–Crippen MR) is 94.8 cm³/mol. The summed E-state index contributed by atoms with van der Waals surface area (Å²) in [4.78, 5) is 0.217. The minimum atomic E-state index is -3.63.